The third-order valence-electron chi connectivity index (χ3n) is 4.78. The van der Waals surface area contributed by atoms with E-state index in [0.717, 1.165) is 34.8 Å². The van der Waals surface area contributed by atoms with Crippen LogP contribution in [0.3, 0.4) is 0 Å². The summed E-state index contributed by atoms with van der Waals surface area (Å²) < 4.78 is 0.977. The third-order valence-corrected chi connectivity index (χ3v) is 5.31. The fraction of sp³-hybridized carbons (Fsp3) is 0.182. The number of hydrogen-bond donors (Lipinski definition) is 1. The fourth-order valence-electron chi connectivity index (χ4n) is 3.29. The average Bonchev–Trinajstić information content (AvgIpc) is 2.71. The molecule has 0 fully saturated rings. The summed E-state index contributed by atoms with van der Waals surface area (Å²) in [6.07, 6.45) is 1.77. The van der Waals surface area contributed by atoms with Gasteiger partial charge in [-0.05, 0) is 48.9 Å². The summed E-state index contributed by atoms with van der Waals surface area (Å²) in [5.74, 6) is 0.834. The molecule has 1 aliphatic rings. The summed E-state index contributed by atoms with van der Waals surface area (Å²) in [5.41, 5.74) is 4.07. The van der Waals surface area contributed by atoms with Gasteiger partial charge in [-0.25, -0.2) is 9.78 Å². The van der Waals surface area contributed by atoms with E-state index in [1.807, 2.05) is 36.4 Å². The van der Waals surface area contributed by atoms with E-state index in [4.69, 9.17) is 0 Å². The fourth-order valence-corrected chi connectivity index (χ4v) is 3.56. The van der Waals surface area contributed by atoms with Gasteiger partial charge in [0.25, 0.3) is 0 Å². The smallest absolute Gasteiger partial charge is 0.326 e. The van der Waals surface area contributed by atoms with E-state index in [1.54, 1.807) is 11.1 Å². The zero-order valence-electron chi connectivity index (χ0n) is 15.6. The Balaban J connectivity index is 1.54. The molecule has 1 aliphatic heterocycles. The lowest BCUT2D eigenvalue weighted by molar-refractivity contribution is 0.256. The van der Waals surface area contributed by atoms with Crippen LogP contribution in [0.5, 0.6) is 0 Å². The first kappa shape index (κ1) is 18.5. The van der Waals surface area contributed by atoms with E-state index >= 15 is 0 Å². The number of amides is 2. The van der Waals surface area contributed by atoms with E-state index in [1.165, 1.54) is 11.1 Å². The van der Waals surface area contributed by atoms with Crippen molar-refractivity contribution in [2.75, 3.05) is 28.2 Å². The maximum atomic E-state index is 12.9. The molecule has 142 valence electrons. The van der Waals surface area contributed by atoms with E-state index in [0.29, 0.717) is 6.54 Å². The molecule has 2 amide bonds. The Hall–Kier alpha value is -2.86. The Bertz CT molecular complexity index is 973. The second-order valence-electron chi connectivity index (χ2n) is 6.84. The van der Waals surface area contributed by atoms with Crippen LogP contribution < -0.4 is 15.1 Å². The second-order valence-corrected chi connectivity index (χ2v) is 7.76. The van der Waals surface area contributed by atoms with Crippen LogP contribution in [0.25, 0.3) is 0 Å². The highest BCUT2D eigenvalue weighted by Gasteiger charge is 2.27. The number of carbonyl (C=O) groups is 1. The van der Waals surface area contributed by atoms with Crippen molar-refractivity contribution in [2.45, 2.75) is 13.5 Å². The Labute approximate surface area is 173 Å². The van der Waals surface area contributed by atoms with Crippen LogP contribution in [0.15, 0.2) is 71.3 Å². The molecule has 5 nitrogen and oxygen atoms in total. The molecule has 1 aromatic heterocycles. The summed E-state index contributed by atoms with van der Waals surface area (Å²) in [6, 6.07) is 19.8. The quantitative estimate of drug-likeness (QED) is 0.612. The summed E-state index contributed by atoms with van der Waals surface area (Å²) in [4.78, 5) is 21.4. The zero-order chi connectivity index (χ0) is 19.5. The molecule has 0 radical (unpaired) electrons. The third kappa shape index (κ3) is 4.02. The number of pyridine rings is 1. The maximum Gasteiger partial charge on any atom is 0.326 e. The SMILES string of the molecule is Cc1ccc(CN2CCN(C(=O)Nc3ccc(Br)cc3)c3cccnc32)cc1. The second kappa shape index (κ2) is 8.02. The van der Waals surface area contributed by atoms with Crippen LogP contribution in [0, 0.1) is 6.92 Å². The number of nitrogens with zero attached hydrogens (tertiary/aromatic N) is 3. The van der Waals surface area contributed by atoms with Crippen LogP contribution in [0.2, 0.25) is 0 Å². The molecule has 0 aliphatic carbocycles. The number of benzene rings is 2. The van der Waals surface area contributed by atoms with Crippen LogP contribution in [-0.2, 0) is 6.54 Å². The molecule has 2 aromatic carbocycles. The Kier molecular flexibility index (Phi) is 5.30. The van der Waals surface area contributed by atoms with Crippen LogP contribution in [0.4, 0.5) is 22.0 Å². The molecular formula is C22H21BrN4O. The van der Waals surface area contributed by atoms with E-state index in [2.05, 4.69) is 62.3 Å². The number of rotatable bonds is 3. The first-order valence-corrected chi connectivity index (χ1v) is 9.99. The molecule has 0 saturated heterocycles. The number of aromatic nitrogens is 1. The van der Waals surface area contributed by atoms with Gasteiger partial charge < -0.3 is 10.2 Å². The van der Waals surface area contributed by atoms with Crippen molar-refractivity contribution in [3.8, 4) is 0 Å². The Morgan fingerprint density at radius 2 is 1.82 bits per heavy atom. The monoisotopic (exact) mass is 436 g/mol. The Morgan fingerprint density at radius 1 is 1.07 bits per heavy atom. The van der Waals surface area contributed by atoms with Gasteiger partial charge in [0, 0.05) is 36.0 Å². The molecule has 28 heavy (non-hydrogen) atoms. The van der Waals surface area contributed by atoms with Crippen LogP contribution >= 0.6 is 15.9 Å². The van der Waals surface area contributed by atoms with Crippen molar-refractivity contribution in [1.82, 2.24) is 4.98 Å². The zero-order valence-corrected chi connectivity index (χ0v) is 17.2. The van der Waals surface area contributed by atoms with Crippen molar-refractivity contribution >= 4 is 39.2 Å². The van der Waals surface area contributed by atoms with Gasteiger partial charge in [-0.1, -0.05) is 45.8 Å². The summed E-state index contributed by atoms with van der Waals surface area (Å²) in [5, 5.41) is 2.97. The first-order chi connectivity index (χ1) is 13.6. The summed E-state index contributed by atoms with van der Waals surface area (Å²) in [6.45, 7) is 4.19. The molecule has 1 N–H and O–H groups in total. The molecule has 0 spiro atoms. The van der Waals surface area contributed by atoms with Gasteiger partial charge in [0.2, 0.25) is 0 Å². The Morgan fingerprint density at radius 3 is 2.57 bits per heavy atom. The molecule has 0 bridgehead atoms. The highest BCUT2D eigenvalue weighted by Crippen LogP contribution is 2.32. The van der Waals surface area contributed by atoms with Gasteiger partial charge in [0.1, 0.15) is 0 Å². The summed E-state index contributed by atoms with van der Waals surface area (Å²) in [7, 11) is 0. The molecule has 3 aromatic rings. The molecule has 0 saturated carbocycles. The van der Waals surface area contributed by atoms with Crippen LogP contribution in [0.1, 0.15) is 11.1 Å². The molecule has 0 atom stereocenters. The number of anilines is 3. The topological polar surface area (TPSA) is 48.5 Å². The van der Waals surface area contributed by atoms with Crippen LogP contribution in [-0.4, -0.2) is 24.1 Å². The highest BCUT2D eigenvalue weighted by molar-refractivity contribution is 9.10. The summed E-state index contributed by atoms with van der Waals surface area (Å²) >= 11 is 3.41. The van der Waals surface area contributed by atoms with Crippen molar-refractivity contribution in [3.05, 3.63) is 82.5 Å². The lowest BCUT2D eigenvalue weighted by Crippen LogP contribution is -2.46. The number of carbonyl (C=O) groups excluding carboxylic acids is 1. The number of fused-ring (bicyclic) bond motifs is 1. The normalized spacial score (nSPS) is 13.2. The van der Waals surface area contributed by atoms with Crippen molar-refractivity contribution < 1.29 is 4.79 Å². The lowest BCUT2D eigenvalue weighted by Gasteiger charge is -2.36. The molecule has 6 heteroatoms. The molecular weight excluding hydrogens is 416 g/mol. The minimum atomic E-state index is -0.147. The van der Waals surface area contributed by atoms with Gasteiger partial charge in [-0.15, -0.1) is 0 Å². The number of halogens is 1. The molecule has 2 heterocycles. The van der Waals surface area contributed by atoms with Crippen molar-refractivity contribution in [1.29, 1.82) is 0 Å². The van der Waals surface area contributed by atoms with Crippen molar-refractivity contribution in [3.63, 3.8) is 0 Å². The van der Waals surface area contributed by atoms with Gasteiger partial charge in [-0.3, -0.25) is 4.90 Å². The number of hydrogen-bond acceptors (Lipinski definition) is 3. The first-order valence-electron chi connectivity index (χ1n) is 9.20. The number of urea groups is 1. The molecule has 0 unspecified atom stereocenters. The number of nitrogens with one attached hydrogen (secondary N) is 1. The minimum Gasteiger partial charge on any atom is -0.349 e. The predicted octanol–water partition coefficient (Wildman–Crippen LogP) is 5.21. The minimum absolute atomic E-state index is 0.147. The largest absolute Gasteiger partial charge is 0.349 e. The van der Waals surface area contributed by atoms with Crippen molar-refractivity contribution in [2.24, 2.45) is 0 Å². The maximum absolute atomic E-state index is 12.9. The standard InChI is InChI=1S/C22H21BrN4O/c1-16-4-6-17(7-5-16)15-26-13-14-27(20-3-2-12-24-21(20)26)22(28)25-19-10-8-18(23)9-11-19/h2-12H,13-15H2,1H3,(H,25,28). The predicted molar refractivity (Wildman–Crippen MR) is 117 cm³/mol. The van der Waals surface area contributed by atoms with Gasteiger partial charge >= 0.3 is 6.03 Å². The lowest BCUT2D eigenvalue weighted by atomic mass is 10.1. The highest BCUT2D eigenvalue weighted by atomic mass is 79.9. The average molecular weight is 437 g/mol. The van der Waals surface area contributed by atoms with E-state index in [-0.39, 0.29) is 6.03 Å². The van der Waals surface area contributed by atoms with Gasteiger partial charge in [0.05, 0.1) is 5.69 Å². The van der Waals surface area contributed by atoms with E-state index in [9.17, 15) is 4.79 Å². The van der Waals surface area contributed by atoms with Gasteiger partial charge in [-0.2, -0.15) is 0 Å². The van der Waals surface area contributed by atoms with E-state index < -0.39 is 0 Å². The number of aryl methyl sites for hydroxylation is 1. The van der Waals surface area contributed by atoms with Gasteiger partial charge in [0.15, 0.2) is 5.82 Å². The molecule has 4 rings (SSSR count).